The van der Waals surface area contributed by atoms with Crippen molar-refractivity contribution in [2.75, 3.05) is 18.5 Å². The van der Waals surface area contributed by atoms with E-state index in [9.17, 15) is 31.2 Å². The average molecular weight is 570 g/mol. The Hall–Kier alpha value is -2.50. The monoisotopic (exact) mass is 569 g/mol. The number of anilines is 1. The van der Waals surface area contributed by atoms with Crippen LogP contribution in [0.4, 0.5) is 5.69 Å². The molecular formula is C19H28ClN5O9S2. The topological polar surface area (TPSA) is 223 Å². The lowest BCUT2D eigenvalue weighted by molar-refractivity contribution is -0.147. The molecule has 0 saturated carbocycles. The molecule has 0 radical (unpaired) electrons. The van der Waals surface area contributed by atoms with Gasteiger partial charge in [-0.3, -0.25) is 19.7 Å². The molecule has 14 nitrogen and oxygen atoms in total. The van der Waals surface area contributed by atoms with Gasteiger partial charge >= 0.3 is 11.9 Å². The van der Waals surface area contributed by atoms with E-state index in [0.717, 1.165) is 12.1 Å². The van der Waals surface area contributed by atoms with Gasteiger partial charge in [-0.1, -0.05) is 11.6 Å². The molecule has 2 rings (SSSR count). The summed E-state index contributed by atoms with van der Waals surface area (Å²) < 4.78 is 55.6. The van der Waals surface area contributed by atoms with Gasteiger partial charge < -0.3 is 20.5 Å². The molecule has 1 heterocycles. The van der Waals surface area contributed by atoms with Crippen molar-refractivity contribution in [3.8, 4) is 0 Å². The summed E-state index contributed by atoms with van der Waals surface area (Å²) in [5.41, 5.74) is -0.000136. The number of aliphatic carboxylic acids is 1. The van der Waals surface area contributed by atoms with Gasteiger partial charge in [0.05, 0.1) is 29.9 Å². The molecule has 0 aromatic heterocycles. The molecule has 1 aliphatic heterocycles. The minimum Gasteiger partial charge on any atom is -0.480 e. The lowest BCUT2D eigenvalue weighted by Crippen LogP contribution is -2.48. The van der Waals surface area contributed by atoms with E-state index in [0.29, 0.717) is 6.42 Å². The number of hydrogen-bond acceptors (Lipinski definition) is 10. The zero-order chi connectivity index (χ0) is 27.3. The fourth-order valence-corrected chi connectivity index (χ4v) is 5.82. The van der Waals surface area contributed by atoms with Crippen LogP contribution >= 0.6 is 11.6 Å². The second-order valence-electron chi connectivity index (χ2n) is 7.87. The van der Waals surface area contributed by atoms with Crippen molar-refractivity contribution in [3.05, 3.63) is 17.2 Å². The number of nitrogens with two attached hydrogens (primary N) is 1. The van der Waals surface area contributed by atoms with E-state index >= 15 is 0 Å². The number of esters is 1. The normalized spacial score (nSPS) is 18.3. The maximum Gasteiger partial charge on any atom is 0.323 e. The molecule has 36 heavy (non-hydrogen) atoms. The summed E-state index contributed by atoms with van der Waals surface area (Å²) in [6.45, 7) is 3.25. The van der Waals surface area contributed by atoms with Crippen LogP contribution in [0.3, 0.4) is 0 Å². The molecular weight excluding hydrogens is 542 g/mol. The minimum absolute atomic E-state index is 0.000136. The van der Waals surface area contributed by atoms with Gasteiger partial charge in [0.25, 0.3) is 0 Å². The number of carboxylic acid groups (broad SMARTS) is 1. The summed E-state index contributed by atoms with van der Waals surface area (Å²) in [5.74, 6) is -2.27. The maximum atomic E-state index is 12.6. The van der Waals surface area contributed by atoms with Crippen LogP contribution in [-0.2, 0) is 39.2 Å². The average Bonchev–Trinajstić information content (AvgIpc) is 2.73. The van der Waals surface area contributed by atoms with Crippen LogP contribution in [0.1, 0.15) is 33.1 Å². The van der Waals surface area contributed by atoms with Gasteiger partial charge in [0.1, 0.15) is 21.9 Å². The second-order valence-corrected chi connectivity index (χ2v) is 11.5. The number of nitrogens with one attached hydrogen (secondary N) is 4. The highest BCUT2D eigenvalue weighted by Gasteiger charge is 2.33. The smallest absolute Gasteiger partial charge is 0.323 e. The van der Waals surface area contributed by atoms with E-state index in [1.54, 1.807) is 6.92 Å². The summed E-state index contributed by atoms with van der Waals surface area (Å²) in [6, 6.07) is 0.0540. The maximum absolute atomic E-state index is 12.6. The molecule has 0 aliphatic carbocycles. The molecule has 17 heteroatoms. The number of sulfonamides is 2. The number of hydrogen-bond donors (Lipinski definition) is 6. The first kappa shape index (κ1) is 29.7. The first-order valence-electron chi connectivity index (χ1n) is 10.7. The van der Waals surface area contributed by atoms with Crippen molar-refractivity contribution in [2.45, 2.75) is 61.2 Å². The first-order chi connectivity index (χ1) is 16.7. The van der Waals surface area contributed by atoms with Gasteiger partial charge in [0.15, 0.2) is 0 Å². The van der Waals surface area contributed by atoms with Crippen LogP contribution in [0.15, 0.2) is 21.9 Å². The standard InChI is InChI=1S/C19H28ClN5O9S2/c1-3-34-19(29)12(23-10(2)18(27)28)5-4-6-22-17(26)9-16-24-13-7-11(20)14(35(21,30)31)8-15(13)36(32,33)25-16/h7-8,10,12,16,23-25H,3-6,9H2,1-2H3,(H,22,26)(H,27,28)(H2,21,30,31)/t10-,12?,16?/m0/s1. The van der Waals surface area contributed by atoms with Gasteiger partial charge in [-0.15, -0.1) is 0 Å². The van der Waals surface area contributed by atoms with Crippen molar-refractivity contribution >= 4 is 55.2 Å². The zero-order valence-corrected chi connectivity index (χ0v) is 21.8. The Labute approximate surface area is 213 Å². The van der Waals surface area contributed by atoms with Crippen molar-refractivity contribution in [2.24, 2.45) is 5.14 Å². The van der Waals surface area contributed by atoms with E-state index < -0.39 is 61.0 Å². The number of halogens is 1. The Balaban J connectivity index is 1.96. The van der Waals surface area contributed by atoms with Crippen LogP contribution < -0.4 is 25.8 Å². The third kappa shape index (κ3) is 8.01. The van der Waals surface area contributed by atoms with Crippen LogP contribution in [0.25, 0.3) is 0 Å². The van der Waals surface area contributed by atoms with Crippen LogP contribution in [0, 0.1) is 0 Å². The molecule has 202 valence electrons. The Bertz CT molecular complexity index is 1220. The van der Waals surface area contributed by atoms with Gasteiger partial charge in [-0.05, 0) is 38.8 Å². The van der Waals surface area contributed by atoms with E-state index in [2.05, 4.69) is 20.7 Å². The molecule has 0 saturated heterocycles. The summed E-state index contributed by atoms with van der Waals surface area (Å²) in [6.07, 6.45) is -0.886. The second kappa shape index (κ2) is 12.2. The molecule has 1 aliphatic rings. The first-order valence-corrected chi connectivity index (χ1v) is 14.1. The molecule has 0 bridgehead atoms. The number of carbonyl (C=O) groups is 3. The van der Waals surface area contributed by atoms with Crippen LogP contribution in [0.5, 0.6) is 0 Å². The summed E-state index contributed by atoms with van der Waals surface area (Å²) >= 11 is 5.93. The number of benzene rings is 1. The molecule has 3 atom stereocenters. The number of fused-ring (bicyclic) bond motifs is 1. The van der Waals surface area contributed by atoms with Crippen molar-refractivity contribution < 1.29 is 41.1 Å². The van der Waals surface area contributed by atoms with Gasteiger partial charge in [0, 0.05) is 6.54 Å². The van der Waals surface area contributed by atoms with E-state index in [4.69, 9.17) is 26.6 Å². The molecule has 0 fully saturated rings. The molecule has 1 aromatic rings. The van der Waals surface area contributed by atoms with E-state index in [1.165, 1.54) is 6.92 Å². The number of ether oxygens (including phenoxy) is 1. The number of rotatable bonds is 12. The number of carbonyl (C=O) groups excluding carboxylic acids is 2. The molecule has 1 amide bonds. The molecule has 1 aromatic carbocycles. The highest BCUT2D eigenvalue weighted by Crippen LogP contribution is 2.33. The largest absolute Gasteiger partial charge is 0.480 e. The lowest BCUT2D eigenvalue weighted by Gasteiger charge is -2.28. The van der Waals surface area contributed by atoms with E-state index in [-0.39, 0.29) is 41.6 Å². The van der Waals surface area contributed by atoms with Crippen molar-refractivity contribution in [1.82, 2.24) is 15.4 Å². The Kier molecular flexibility index (Phi) is 10.0. The number of amides is 1. The highest BCUT2D eigenvalue weighted by atomic mass is 35.5. The van der Waals surface area contributed by atoms with Crippen molar-refractivity contribution in [3.63, 3.8) is 0 Å². The predicted molar refractivity (Wildman–Crippen MR) is 128 cm³/mol. The predicted octanol–water partition coefficient (Wildman–Crippen LogP) is -0.702. The third-order valence-corrected chi connectivity index (χ3v) is 7.92. The Morgan fingerprint density at radius 1 is 1.31 bits per heavy atom. The summed E-state index contributed by atoms with van der Waals surface area (Å²) in [7, 11) is -8.45. The van der Waals surface area contributed by atoms with Crippen LogP contribution in [-0.4, -0.2) is 71.2 Å². The van der Waals surface area contributed by atoms with E-state index in [1.807, 2.05) is 0 Å². The molecule has 7 N–H and O–H groups in total. The summed E-state index contributed by atoms with van der Waals surface area (Å²) in [5, 5.41) is 21.8. The van der Waals surface area contributed by atoms with Gasteiger partial charge in [-0.2, -0.15) is 4.72 Å². The minimum atomic E-state index is -4.27. The number of carboxylic acids is 1. The van der Waals surface area contributed by atoms with Gasteiger partial charge in [-0.25, -0.2) is 22.0 Å². The fraction of sp³-hybridized carbons (Fsp3) is 0.526. The Morgan fingerprint density at radius 3 is 2.56 bits per heavy atom. The zero-order valence-electron chi connectivity index (χ0n) is 19.4. The number of primary sulfonamides is 1. The lowest BCUT2D eigenvalue weighted by atomic mass is 10.1. The summed E-state index contributed by atoms with van der Waals surface area (Å²) in [4.78, 5) is 34.5. The third-order valence-electron chi connectivity index (χ3n) is 5.03. The Morgan fingerprint density at radius 2 is 1.97 bits per heavy atom. The SMILES string of the molecule is CCOC(=O)C(CCCNC(=O)CC1Nc2cc(Cl)c(S(N)(=O)=O)cc2S(=O)(=O)N1)N[C@@H](C)C(=O)O. The quantitative estimate of drug-likeness (QED) is 0.136. The van der Waals surface area contributed by atoms with Crippen molar-refractivity contribution in [1.29, 1.82) is 0 Å². The molecule has 0 spiro atoms. The van der Waals surface area contributed by atoms with Gasteiger partial charge in [0.2, 0.25) is 26.0 Å². The van der Waals surface area contributed by atoms with Crippen LogP contribution in [0.2, 0.25) is 5.02 Å². The molecule has 2 unspecified atom stereocenters. The highest BCUT2D eigenvalue weighted by molar-refractivity contribution is 7.90. The fourth-order valence-electron chi connectivity index (χ4n) is 3.33.